The van der Waals surface area contributed by atoms with Crippen LogP contribution in [-0.2, 0) is 6.61 Å². The van der Waals surface area contributed by atoms with Crippen molar-refractivity contribution < 1.29 is 19.5 Å². The van der Waals surface area contributed by atoms with Gasteiger partial charge in [0, 0.05) is 21.7 Å². The monoisotopic (exact) mass is 367 g/mol. The number of amides is 1. The minimum atomic E-state index is -0.682. The number of benzene rings is 2. The van der Waals surface area contributed by atoms with E-state index in [0.29, 0.717) is 15.8 Å². The van der Waals surface area contributed by atoms with E-state index < -0.39 is 5.91 Å². The summed E-state index contributed by atoms with van der Waals surface area (Å²) in [6.07, 6.45) is 1.54. The summed E-state index contributed by atoms with van der Waals surface area (Å²) in [6.45, 7) is 3.96. The highest BCUT2D eigenvalue weighted by molar-refractivity contribution is 6.33. The summed E-state index contributed by atoms with van der Waals surface area (Å²) in [5.41, 5.74) is 2.48. The molecule has 0 unspecified atom stereocenters. The lowest BCUT2D eigenvalue weighted by Crippen LogP contribution is -2.19. The second-order valence-corrected chi connectivity index (χ2v) is 5.57. The van der Waals surface area contributed by atoms with E-state index in [1.165, 1.54) is 6.07 Å². The van der Waals surface area contributed by atoms with Gasteiger partial charge in [-0.25, -0.2) is 5.48 Å². The van der Waals surface area contributed by atoms with Gasteiger partial charge in [0.15, 0.2) is 0 Å². The molecule has 0 saturated carbocycles. The van der Waals surface area contributed by atoms with Gasteiger partial charge in [0.2, 0.25) is 0 Å². The molecule has 0 spiro atoms. The highest BCUT2D eigenvalue weighted by atomic mass is 35.5. The average Bonchev–Trinajstić information content (AvgIpc) is 2.60. The van der Waals surface area contributed by atoms with Crippen LogP contribution in [0.4, 0.5) is 0 Å². The molecule has 2 N–H and O–H groups in total. The van der Waals surface area contributed by atoms with Crippen molar-refractivity contribution in [1.82, 2.24) is 5.48 Å². The van der Waals surface area contributed by atoms with Crippen LogP contribution in [0.15, 0.2) is 49.1 Å². The van der Waals surface area contributed by atoms with E-state index in [1.807, 2.05) is 0 Å². The van der Waals surface area contributed by atoms with Crippen LogP contribution in [0.3, 0.4) is 0 Å². The SMILES string of the molecule is C=CCOc1cc(OCc2cc(Cl)ccc2Cl)ccc1C(=O)NO. The van der Waals surface area contributed by atoms with Gasteiger partial charge >= 0.3 is 0 Å². The van der Waals surface area contributed by atoms with Crippen LogP contribution >= 0.6 is 23.2 Å². The number of hydroxylamine groups is 1. The molecular formula is C17H15Cl2NO4. The lowest BCUT2D eigenvalue weighted by Gasteiger charge is -2.13. The lowest BCUT2D eigenvalue weighted by molar-refractivity contribution is 0.0702. The van der Waals surface area contributed by atoms with E-state index in [9.17, 15) is 4.79 Å². The fraction of sp³-hybridized carbons (Fsp3) is 0.118. The van der Waals surface area contributed by atoms with Crippen LogP contribution in [-0.4, -0.2) is 17.7 Å². The van der Waals surface area contributed by atoms with E-state index in [-0.39, 0.29) is 24.5 Å². The normalized spacial score (nSPS) is 10.1. The molecule has 0 atom stereocenters. The zero-order valence-electron chi connectivity index (χ0n) is 12.6. The Hall–Kier alpha value is -2.21. The van der Waals surface area contributed by atoms with Crippen molar-refractivity contribution >= 4 is 29.1 Å². The average molecular weight is 368 g/mol. The molecular weight excluding hydrogens is 353 g/mol. The first kappa shape index (κ1) is 18.1. The number of halogens is 2. The van der Waals surface area contributed by atoms with Crippen LogP contribution < -0.4 is 15.0 Å². The molecule has 0 heterocycles. The molecule has 2 aromatic carbocycles. The zero-order valence-corrected chi connectivity index (χ0v) is 14.1. The molecule has 24 heavy (non-hydrogen) atoms. The first-order valence-electron chi connectivity index (χ1n) is 6.94. The van der Waals surface area contributed by atoms with E-state index in [0.717, 1.165) is 5.56 Å². The number of carbonyl (C=O) groups excluding carboxylic acids is 1. The smallest absolute Gasteiger partial charge is 0.278 e. The molecule has 0 aliphatic carbocycles. The van der Waals surface area contributed by atoms with E-state index in [2.05, 4.69) is 6.58 Å². The molecule has 0 bridgehead atoms. The first-order chi connectivity index (χ1) is 11.5. The minimum absolute atomic E-state index is 0.174. The fourth-order valence-corrected chi connectivity index (χ4v) is 2.29. The molecule has 0 aliphatic heterocycles. The predicted molar refractivity (Wildman–Crippen MR) is 92.2 cm³/mol. The number of rotatable bonds is 7. The summed E-state index contributed by atoms with van der Waals surface area (Å²) in [5, 5.41) is 9.88. The van der Waals surface area contributed by atoms with E-state index in [1.54, 1.807) is 41.9 Å². The van der Waals surface area contributed by atoms with Gasteiger partial charge in [0.05, 0.1) is 5.56 Å². The highest BCUT2D eigenvalue weighted by Gasteiger charge is 2.13. The molecule has 126 valence electrons. The summed E-state index contributed by atoms with van der Waals surface area (Å²) in [4.78, 5) is 11.6. The summed E-state index contributed by atoms with van der Waals surface area (Å²) in [6, 6.07) is 9.72. The van der Waals surface area contributed by atoms with Crippen LogP contribution in [0.25, 0.3) is 0 Å². The standard InChI is InChI=1S/C17H15Cl2NO4/c1-2-7-23-16-9-13(4-5-14(16)17(21)20-22)24-10-11-8-12(18)3-6-15(11)19/h2-6,8-9,22H,1,7,10H2,(H,20,21). The Balaban J connectivity index is 2.19. The Morgan fingerprint density at radius 1 is 1.21 bits per heavy atom. The van der Waals surface area contributed by atoms with Crippen molar-refractivity contribution in [1.29, 1.82) is 0 Å². The van der Waals surface area contributed by atoms with Crippen molar-refractivity contribution in [3.63, 3.8) is 0 Å². The van der Waals surface area contributed by atoms with Crippen molar-refractivity contribution in [3.05, 3.63) is 70.2 Å². The van der Waals surface area contributed by atoms with Gasteiger partial charge in [-0.05, 0) is 30.3 Å². The van der Waals surface area contributed by atoms with E-state index in [4.69, 9.17) is 37.9 Å². The molecule has 0 fully saturated rings. The molecule has 2 rings (SSSR count). The third kappa shape index (κ3) is 4.64. The molecule has 0 aliphatic rings. The quantitative estimate of drug-likeness (QED) is 0.435. The highest BCUT2D eigenvalue weighted by Crippen LogP contribution is 2.27. The Morgan fingerprint density at radius 2 is 2.00 bits per heavy atom. The molecule has 0 saturated heterocycles. The summed E-state index contributed by atoms with van der Waals surface area (Å²) in [5.74, 6) is 0.0502. The number of hydrogen-bond donors (Lipinski definition) is 2. The second-order valence-electron chi connectivity index (χ2n) is 4.72. The van der Waals surface area contributed by atoms with Gasteiger partial charge in [0.1, 0.15) is 24.7 Å². The van der Waals surface area contributed by atoms with Gasteiger partial charge in [-0.2, -0.15) is 0 Å². The summed E-state index contributed by atoms with van der Waals surface area (Å²) < 4.78 is 11.1. The third-order valence-electron chi connectivity index (χ3n) is 3.06. The number of carbonyl (C=O) groups is 1. The molecule has 0 radical (unpaired) electrons. The lowest BCUT2D eigenvalue weighted by atomic mass is 10.2. The van der Waals surface area contributed by atoms with Gasteiger partial charge in [-0.15, -0.1) is 0 Å². The van der Waals surface area contributed by atoms with Gasteiger partial charge in [-0.3, -0.25) is 10.0 Å². The maximum Gasteiger partial charge on any atom is 0.278 e. The Kier molecular flexibility index (Phi) is 6.49. The Labute approximate surface area is 149 Å². The van der Waals surface area contributed by atoms with Crippen molar-refractivity contribution in [2.24, 2.45) is 0 Å². The Bertz CT molecular complexity index is 749. The van der Waals surface area contributed by atoms with Crippen molar-refractivity contribution in [2.75, 3.05) is 6.61 Å². The molecule has 2 aromatic rings. The van der Waals surface area contributed by atoms with Gasteiger partial charge in [-0.1, -0.05) is 35.9 Å². The Morgan fingerprint density at radius 3 is 2.71 bits per heavy atom. The summed E-state index contributed by atoms with van der Waals surface area (Å²) >= 11 is 12.0. The zero-order chi connectivity index (χ0) is 17.5. The molecule has 0 aromatic heterocycles. The van der Waals surface area contributed by atoms with E-state index >= 15 is 0 Å². The van der Waals surface area contributed by atoms with Crippen LogP contribution in [0.2, 0.25) is 10.0 Å². The maximum absolute atomic E-state index is 11.6. The maximum atomic E-state index is 11.6. The predicted octanol–water partition coefficient (Wildman–Crippen LogP) is 4.26. The second kappa shape index (κ2) is 8.59. The molecule has 1 amide bonds. The molecule has 5 nitrogen and oxygen atoms in total. The fourth-order valence-electron chi connectivity index (χ4n) is 1.92. The number of nitrogens with one attached hydrogen (secondary N) is 1. The topological polar surface area (TPSA) is 67.8 Å². The van der Waals surface area contributed by atoms with Gasteiger partial charge < -0.3 is 9.47 Å². The van der Waals surface area contributed by atoms with Crippen LogP contribution in [0, 0.1) is 0 Å². The van der Waals surface area contributed by atoms with Crippen LogP contribution in [0.5, 0.6) is 11.5 Å². The number of hydrogen-bond acceptors (Lipinski definition) is 4. The van der Waals surface area contributed by atoms with Crippen molar-refractivity contribution in [3.8, 4) is 11.5 Å². The van der Waals surface area contributed by atoms with Gasteiger partial charge in [0.25, 0.3) is 5.91 Å². The van der Waals surface area contributed by atoms with Crippen molar-refractivity contribution in [2.45, 2.75) is 6.61 Å². The number of ether oxygens (including phenoxy) is 2. The molecule has 7 heteroatoms. The summed E-state index contributed by atoms with van der Waals surface area (Å²) in [7, 11) is 0. The largest absolute Gasteiger partial charge is 0.489 e. The third-order valence-corrected chi connectivity index (χ3v) is 3.66. The minimum Gasteiger partial charge on any atom is -0.489 e. The van der Waals surface area contributed by atoms with Crippen LogP contribution in [0.1, 0.15) is 15.9 Å². The first-order valence-corrected chi connectivity index (χ1v) is 7.69.